The first kappa shape index (κ1) is 12.6. The average molecular weight is 222 g/mol. The fraction of sp³-hybridized carbons (Fsp3) is 0.462. The van der Waals surface area contributed by atoms with Gasteiger partial charge in [-0.15, -0.1) is 0 Å². The maximum Gasteiger partial charge on any atom is 0.339 e. The second-order valence-electron chi connectivity index (χ2n) is 3.79. The first-order valence-electron chi connectivity index (χ1n) is 5.59. The fourth-order valence-electron chi connectivity index (χ4n) is 1.80. The van der Waals surface area contributed by atoms with Crippen LogP contribution in [0.15, 0.2) is 12.1 Å². The van der Waals surface area contributed by atoms with Crippen LogP contribution in [-0.2, 0) is 6.42 Å². The van der Waals surface area contributed by atoms with E-state index >= 15 is 0 Å². The summed E-state index contributed by atoms with van der Waals surface area (Å²) >= 11 is 0. The van der Waals surface area contributed by atoms with Gasteiger partial charge in [-0.1, -0.05) is 19.4 Å². The SMILES string of the molecule is CCCc1cc(C)cc(OCC)c1C(=O)O. The molecule has 0 fully saturated rings. The Morgan fingerprint density at radius 3 is 2.56 bits per heavy atom. The van der Waals surface area contributed by atoms with Crippen LogP contribution in [0.4, 0.5) is 0 Å². The number of aryl methyl sites for hydroxylation is 2. The monoisotopic (exact) mass is 222 g/mol. The molecule has 0 bridgehead atoms. The van der Waals surface area contributed by atoms with Crippen molar-refractivity contribution in [2.24, 2.45) is 0 Å². The van der Waals surface area contributed by atoms with Gasteiger partial charge in [-0.2, -0.15) is 0 Å². The Balaban J connectivity index is 3.29. The van der Waals surface area contributed by atoms with Crippen molar-refractivity contribution >= 4 is 5.97 Å². The zero-order valence-corrected chi connectivity index (χ0v) is 10.0. The van der Waals surface area contributed by atoms with E-state index < -0.39 is 5.97 Å². The first-order chi connectivity index (χ1) is 7.60. The van der Waals surface area contributed by atoms with Crippen molar-refractivity contribution in [1.29, 1.82) is 0 Å². The van der Waals surface area contributed by atoms with Crippen LogP contribution in [0.1, 0.15) is 41.8 Å². The summed E-state index contributed by atoms with van der Waals surface area (Å²) in [6.45, 7) is 6.32. The van der Waals surface area contributed by atoms with E-state index in [0.717, 1.165) is 24.0 Å². The summed E-state index contributed by atoms with van der Waals surface area (Å²) < 4.78 is 5.39. The predicted octanol–water partition coefficient (Wildman–Crippen LogP) is 3.04. The van der Waals surface area contributed by atoms with Gasteiger partial charge in [-0.25, -0.2) is 4.79 Å². The van der Waals surface area contributed by atoms with Crippen molar-refractivity contribution in [2.75, 3.05) is 6.61 Å². The minimum absolute atomic E-state index is 0.314. The maximum absolute atomic E-state index is 11.2. The number of aromatic carboxylic acids is 1. The summed E-state index contributed by atoms with van der Waals surface area (Å²) in [4.78, 5) is 11.2. The van der Waals surface area contributed by atoms with Crippen LogP contribution in [0.5, 0.6) is 5.75 Å². The highest BCUT2D eigenvalue weighted by Crippen LogP contribution is 2.26. The van der Waals surface area contributed by atoms with Crippen molar-refractivity contribution in [2.45, 2.75) is 33.6 Å². The standard InChI is InChI=1S/C13H18O3/c1-4-6-10-7-9(3)8-11(16-5-2)12(10)13(14)15/h7-8H,4-6H2,1-3H3,(H,14,15). The van der Waals surface area contributed by atoms with E-state index in [1.807, 2.05) is 26.8 Å². The van der Waals surface area contributed by atoms with Gasteiger partial charge in [0.2, 0.25) is 0 Å². The lowest BCUT2D eigenvalue weighted by atomic mass is 9.99. The lowest BCUT2D eigenvalue weighted by Gasteiger charge is -2.12. The summed E-state index contributed by atoms with van der Waals surface area (Å²) in [5.41, 5.74) is 2.21. The van der Waals surface area contributed by atoms with E-state index in [1.54, 1.807) is 6.07 Å². The number of rotatable bonds is 5. The van der Waals surface area contributed by atoms with Crippen LogP contribution in [0.2, 0.25) is 0 Å². The molecule has 1 N–H and O–H groups in total. The van der Waals surface area contributed by atoms with Gasteiger partial charge < -0.3 is 9.84 Å². The van der Waals surface area contributed by atoms with E-state index in [0.29, 0.717) is 17.9 Å². The number of hydrogen-bond donors (Lipinski definition) is 1. The highest BCUT2D eigenvalue weighted by atomic mass is 16.5. The Bertz CT molecular complexity index is 356. The van der Waals surface area contributed by atoms with Crippen LogP contribution in [0, 0.1) is 6.92 Å². The molecule has 0 atom stereocenters. The predicted molar refractivity (Wildman–Crippen MR) is 63.3 cm³/mol. The molecule has 0 amide bonds. The molecule has 0 aliphatic carbocycles. The number of carboxylic acids is 1. The van der Waals surface area contributed by atoms with Crippen molar-refractivity contribution in [3.63, 3.8) is 0 Å². The van der Waals surface area contributed by atoms with E-state index in [1.165, 1.54) is 0 Å². The fourth-order valence-corrected chi connectivity index (χ4v) is 1.80. The van der Waals surface area contributed by atoms with E-state index in [2.05, 4.69) is 0 Å². The molecule has 1 aromatic carbocycles. The highest BCUT2D eigenvalue weighted by molar-refractivity contribution is 5.92. The third-order valence-electron chi connectivity index (χ3n) is 2.36. The molecule has 1 rings (SSSR count). The van der Waals surface area contributed by atoms with Gasteiger partial charge in [-0.3, -0.25) is 0 Å². The molecule has 0 spiro atoms. The lowest BCUT2D eigenvalue weighted by molar-refractivity contribution is 0.0691. The van der Waals surface area contributed by atoms with Gasteiger partial charge in [0.05, 0.1) is 6.61 Å². The minimum atomic E-state index is -0.910. The molecule has 0 saturated heterocycles. The van der Waals surface area contributed by atoms with Gasteiger partial charge in [0.15, 0.2) is 0 Å². The Morgan fingerprint density at radius 1 is 1.38 bits per heavy atom. The molecule has 0 aromatic heterocycles. The molecule has 1 aromatic rings. The summed E-state index contributed by atoms with van der Waals surface area (Å²) in [6, 6.07) is 3.71. The third-order valence-corrected chi connectivity index (χ3v) is 2.36. The van der Waals surface area contributed by atoms with Crippen LogP contribution in [0.3, 0.4) is 0 Å². The smallest absolute Gasteiger partial charge is 0.339 e. The normalized spacial score (nSPS) is 10.2. The third kappa shape index (κ3) is 2.75. The van der Waals surface area contributed by atoms with E-state index in [-0.39, 0.29) is 0 Å². The molecular weight excluding hydrogens is 204 g/mol. The molecule has 0 unspecified atom stereocenters. The maximum atomic E-state index is 11.2. The summed E-state index contributed by atoms with van der Waals surface area (Å²) in [5.74, 6) is -0.426. The molecule has 16 heavy (non-hydrogen) atoms. The molecule has 0 aliphatic rings. The molecule has 0 saturated carbocycles. The van der Waals surface area contributed by atoms with Crippen LogP contribution in [-0.4, -0.2) is 17.7 Å². The Morgan fingerprint density at radius 2 is 2.06 bits per heavy atom. The number of carboxylic acid groups (broad SMARTS) is 1. The molecule has 0 heterocycles. The number of hydrogen-bond acceptors (Lipinski definition) is 2. The molecule has 88 valence electrons. The van der Waals surface area contributed by atoms with Gasteiger partial charge in [0, 0.05) is 0 Å². The van der Waals surface area contributed by atoms with Gasteiger partial charge >= 0.3 is 5.97 Å². The Hall–Kier alpha value is -1.51. The van der Waals surface area contributed by atoms with Crippen molar-refractivity contribution in [3.05, 3.63) is 28.8 Å². The van der Waals surface area contributed by atoms with Crippen LogP contribution in [0.25, 0.3) is 0 Å². The number of benzene rings is 1. The Kier molecular flexibility index (Phi) is 4.35. The largest absolute Gasteiger partial charge is 0.493 e. The summed E-state index contributed by atoms with van der Waals surface area (Å²) in [5, 5.41) is 9.21. The molecule has 3 heteroatoms. The average Bonchev–Trinajstić information content (AvgIpc) is 2.17. The van der Waals surface area contributed by atoms with Crippen molar-refractivity contribution in [1.82, 2.24) is 0 Å². The quantitative estimate of drug-likeness (QED) is 0.832. The second-order valence-corrected chi connectivity index (χ2v) is 3.79. The van der Waals surface area contributed by atoms with Crippen molar-refractivity contribution < 1.29 is 14.6 Å². The molecule has 3 nitrogen and oxygen atoms in total. The van der Waals surface area contributed by atoms with E-state index in [9.17, 15) is 9.90 Å². The van der Waals surface area contributed by atoms with Crippen LogP contribution < -0.4 is 4.74 Å². The zero-order valence-electron chi connectivity index (χ0n) is 10.0. The molecule has 0 aliphatic heterocycles. The topological polar surface area (TPSA) is 46.5 Å². The van der Waals surface area contributed by atoms with Crippen LogP contribution >= 0.6 is 0 Å². The van der Waals surface area contributed by atoms with Crippen molar-refractivity contribution in [3.8, 4) is 5.75 Å². The summed E-state index contributed by atoms with van der Waals surface area (Å²) in [6.07, 6.45) is 1.69. The minimum Gasteiger partial charge on any atom is -0.493 e. The van der Waals surface area contributed by atoms with Gasteiger partial charge in [0.1, 0.15) is 11.3 Å². The highest BCUT2D eigenvalue weighted by Gasteiger charge is 2.16. The molecular formula is C13H18O3. The van der Waals surface area contributed by atoms with Gasteiger partial charge in [-0.05, 0) is 37.5 Å². The first-order valence-corrected chi connectivity index (χ1v) is 5.59. The second kappa shape index (κ2) is 5.54. The van der Waals surface area contributed by atoms with Gasteiger partial charge in [0.25, 0.3) is 0 Å². The lowest BCUT2D eigenvalue weighted by Crippen LogP contribution is -2.07. The number of carbonyl (C=O) groups is 1. The number of ether oxygens (including phenoxy) is 1. The zero-order chi connectivity index (χ0) is 12.1. The van der Waals surface area contributed by atoms with E-state index in [4.69, 9.17) is 4.74 Å². The molecule has 0 radical (unpaired) electrons. The Labute approximate surface area is 96.1 Å². The summed E-state index contributed by atoms with van der Waals surface area (Å²) in [7, 11) is 0.